The lowest BCUT2D eigenvalue weighted by atomic mass is 10.1. The van der Waals surface area contributed by atoms with E-state index < -0.39 is 0 Å². The third kappa shape index (κ3) is 3.02. The van der Waals surface area contributed by atoms with Gasteiger partial charge in [-0.3, -0.25) is 29.1 Å². The van der Waals surface area contributed by atoms with Crippen molar-refractivity contribution < 1.29 is 9.59 Å². The number of imide groups is 1. The third-order valence-electron chi connectivity index (χ3n) is 5.24. The Bertz CT molecular complexity index is 916. The maximum atomic E-state index is 12.2. The number of para-hydroxylation sites is 1. The van der Waals surface area contributed by atoms with Crippen molar-refractivity contribution in [3.05, 3.63) is 40.4 Å². The molecule has 2 aromatic rings. The zero-order chi connectivity index (χ0) is 18.3. The number of nitrogens with one attached hydrogen (secondary N) is 1. The van der Waals surface area contributed by atoms with E-state index in [0.717, 1.165) is 26.2 Å². The van der Waals surface area contributed by atoms with Crippen molar-refractivity contribution in [2.45, 2.75) is 19.0 Å². The highest BCUT2D eigenvalue weighted by Crippen LogP contribution is 2.19. The van der Waals surface area contributed by atoms with Crippen LogP contribution in [0.1, 0.15) is 12.2 Å². The van der Waals surface area contributed by atoms with Crippen LogP contribution in [0.3, 0.4) is 0 Å². The van der Waals surface area contributed by atoms with Crippen LogP contribution in [0, 0.1) is 0 Å². The van der Waals surface area contributed by atoms with Gasteiger partial charge in [0.05, 0.1) is 29.9 Å². The zero-order valence-electron chi connectivity index (χ0n) is 14.6. The Morgan fingerprint density at radius 2 is 1.85 bits per heavy atom. The second-order valence-electron chi connectivity index (χ2n) is 6.85. The molecule has 0 aliphatic carbocycles. The fraction of sp³-hybridized carbons (Fsp3) is 0.444. The van der Waals surface area contributed by atoms with Crippen LogP contribution in [-0.2, 0) is 16.1 Å². The first kappa shape index (κ1) is 16.9. The minimum Gasteiger partial charge on any atom is -0.309 e. The maximum absolute atomic E-state index is 12.2. The molecular formula is C18H21N5O3. The number of benzene rings is 1. The quantitative estimate of drug-likeness (QED) is 0.767. The van der Waals surface area contributed by atoms with Crippen molar-refractivity contribution >= 4 is 22.7 Å². The largest absolute Gasteiger partial charge is 0.309 e. The number of amides is 2. The minimum atomic E-state index is -0.326. The van der Waals surface area contributed by atoms with Crippen molar-refractivity contribution in [2.24, 2.45) is 0 Å². The molecule has 2 fully saturated rings. The maximum Gasteiger partial charge on any atom is 0.258 e. The monoisotopic (exact) mass is 355 g/mol. The number of rotatable bonds is 3. The highest BCUT2D eigenvalue weighted by atomic mass is 16.2. The number of aromatic amines is 1. The van der Waals surface area contributed by atoms with Crippen molar-refractivity contribution in [1.82, 2.24) is 24.7 Å². The molecule has 1 aromatic carbocycles. The van der Waals surface area contributed by atoms with Crippen LogP contribution in [0.5, 0.6) is 0 Å². The number of carbonyl (C=O) groups is 2. The van der Waals surface area contributed by atoms with Gasteiger partial charge < -0.3 is 4.98 Å². The fourth-order valence-electron chi connectivity index (χ4n) is 3.68. The molecule has 8 heteroatoms. The van der Waals surface area contributed by atoms with Gasteiger partial charge in [-0.05, 0) is 12.1 Å². The number of H-pyrrole nitrogens is 1. The Labute approximate surface area is 150 Å². The molecule has 0 radical (unpaired) electrons. The number of likely N-dealkylation sites (N-methyl/N-ethyl adjacent to an activating group) is 1. The van der Waals surface area contributed by atoms with Crippen molar-refractivity contribution in [3.8, 4) is 0 Å². The van der Waals surface area contributed by atoms with Gasteiger partial charge in [0.1, 0.15) is 5.82 Å². The molecule has 8 nitrogen and oxygen atoms in total. The molecule has 2 amide bonds. The number of aromatic nitrogens is 2. The van der Waals surface area contributed by atoms with Gasteiger partial charge >= 0.3 is 0 Å². The number of piperazine rings is 1. The van der Waals surface area contributed by atoms with E-state index in [4.69, 9.17) is 0 Å². The van der Waals surface area contributed by atoms with Gasteiger partial charge in [-0.15, -0.1) is 0 Å². The Kier molecular flexibility index (Phi) is 4.29. The molecule has 4 rings (SSSR count). The highest BCUT2D eigenvalue weighted by Gasteiger charge is 2.40. The topological polar surface area (TPSA) is 89.6 Å². The van der Waals surface area contributed by atoms with Gasteiger partial charge in [0, 0.05) is 33.2 Å². The Balaban J connectivity index is 1.41. The summed E-state index contributed by atoms with van der Waals surface area (Å²) in [6, 6.07) is 6.97. The van der Waals surface area contributed by atoms with E-state index in [1.165, 1.54) is 4.90 Å². The first-order valence-electron chi connectivity index (χ1n) is 8.77. The highest BCUT2D eigenvalue weighted by molar-refractivity contribution is 6.05. The molecule has 1 N–H and O–H groups in total. The van der Waals surface area contributed by atoms with Crippen molar-refractivity contribution in [2.75, 3.05) is 33.2 Å². The lowest BCUT2D eigenvalue weighted by Gasteiger charge is -2.36. The number of nitrogens with zero attached hydrogens (tertiary/aromatic N) is 4. The summed E-state index contributed by atoms with van der Waals surface area (Å²) >= 11 is 0. The first-order valence-corrected chi connectivity index (χ1v) is 8.77. The molecule has 2 aliphatic rings. The number of carbonyl (C=O) groups excluding carboxylic acids is 2. The summed E-state index contributed by atoms with van der Waals surface area (Å²) in [7, 11) is 1.54. The van der Waals surface area contributed by atoms with E-state index in [-0.39, 0.29) is 29.8 Å². The Morgan fingerprint density at radius 3 is 2.54 bits per heavy atom. The molecule has 1 atom stereocenters. The van der Waals surface area contributed by atoms with Gasteiger partial charge in [-0.25, -0.2) is 4.98 Å². The Hall–Kier alpha value is -2.58. The molecule has 0 saturated carbocycles. The van der Waals surface area contributed by atoms with Crippen LogP contribution in [0.2, 0.25) is 0 Å². The van der Waals surface area contributed by atoms with Crippen LogP contribution >= 0.6 is 0 Å². The minimum absolute atomic E-state index is 0.107. The van der Waals surface area contributed by atoms with E-state index in [1.807, 2.05) is 18.2 Å². The second kappa shape index (κ2) is 6.62. The van der Waals surface area contributed by atoms with Crippen molar-refractivity contribution in [3.63, 3.8) is 0 Å². The summed E-state index contributed by atoms with van der Waals surface area (Å²) < 4.78 is 0. The number of likely N-dealkylation sites (tertiary alicyclic amines) is 1. The summed E-state index contributed by atoms with van der Waals surface area (Å²) in [4.78, 5) is 48.9. The summed E-state index contributed by atoms with van der Waals surface area (Å²) in [5, 5.41) is 0.592. The lowest BCUT2D eigenvalue weighted by Crippen LogP contribution is -2.52. The molecule has 0 unspecified atom stereocenters. The van der Waals surface area contributed by atoms with Gasteiger partial charge in [-0.2, -0.15) is 0 Å². The fourth-order valence-corrected chi connectivity index (χ4v) is 3.68. The van der Waals surface area contributed by atoms with Crippen LogP contribution < -0.4 is 5.56 Å². The van der Waals surface area contributed by atoms with Gasteiger partial charge in [0.25, 0.3) is 5.56 Å². The summed E-state index contributed by atoms with van der Waals surface area (Å²) in [6.07, 6.45) is 0.273. The average Bonchev–Trinajstić information content (AvgIpc) is 2.90. The predicted octanol–water partition coefficient (Wildman–Crippen LogP) is -0.202. The van der Waals surface area contributed by atoms with Crippen LogP contribution in [0.25, 0.3) is 10.9 Å². The summed E-state index contributed by atoms with van der Waals surface area (Å²) in [6.45, 7) is 3.52. The smallest absolute Gasteiger partial charge is 0.258 e. The molecule has 2 aliphatic heterocycles. The zero-order valence-corrected chi connectivity index (χ0v) is 14.6. The van der Waals surface area contributed by atoms with E-state index in [9.17, 15) is 14.4 Å². The van der Waals surface area contributed by atoms with Crippen molar-refractivity contribution in [1.29, 1.82) is 0 Å². The third-order valence-corrected chi connectivity index (χ3v) is 5.24. The number of fused-ring (bicyclic) bond motifs is 1. The molecule has 1 aromatic heterocycles. The standard InChI is InChI=1S/C18H21N5O3/c1-21-16(24)10-14(18(21)26)23-8-6-22(7-9-23)11-15-19-13-5-3-2-4-12(13)17(25)20-15/h2-5,14H,6-11H2,1H3,(H,19,20,25)/t14-/m0/s1. The normalized spacial score (nSPS) is 22.5. The van der Waals surface area contributed by atoms with Gasteiger partial charge in [0.2, 0.25) is 11.8 Å². The molecule has 0 bridgehead atoms. The molecular weight excluding hydrogens is 334 g/mol. The molecule has 0 spiro atoms. The van der Waals surface area contributed by atoms with Gasteiger partial charge in [0.15, 0.2) is 0 Å². The first-order chi connectivity index (χ1) is 12.5. The second-order valence-corrected chi connectivity index (χ2v) is 6.85. The Morgan fingerprint density at radius 1 is 1.12 bits per heavy atom. The van der Waals surface area contributed by atoms with E-state index in [1.54, 1.807) is 13.1 Å². The van der Waals surface area contributed by atoms with E-state index >= 15 is 0 Å². The SMILES string of the molecule is CN1C(=O)C[C@H](N2CCN(Cc3nc4ccccc4c(=O)[nH]3)CC2)C1=O. The predicted molar refractivity (Wildman–Crippen MR) is 95.4 cm³/mol. The van der Waals surface area contributed by atoms with Gasteiger partial charge in [-0.1, -0.05) is 12.1 Å². The lowest BCUT2D eigenvalue weighted by molar-refractivity contribution is -0.138. The molecule has 26 heavy (non-hydrogen) atoms. The van der Waals surface area contributed by atoms with E-state index in [2.05, 4.69) is 19.8 Å². The van der Waals surface area contributed by atoms with Crippen LogP contribution in [0.4, 0.5) is 0 Å². The molecule has 3 heterocycles. The van der Waals surface area contributed by atoms with E-state index in [0.29, 0.717) is 23.3 Å². The number of hydrogen-bond donors (Lipinski definition) is 1. The average molecular weight is 355 g/mol. The summed E-state index contributed by atoms with van der Waals surface area (Å²) in [5.74, 6) is 0.429. The molecule has 2 saturated heterocycles. The molecule has 136 valence electrons. The number of hydrogen-bond acceptors (Lipinski definition) is 6. The summed E-state index contributed by atoms with van der Waals surface area (Å²) in [5.41, 5.74) is 0.574. The van der Waals surface area contributed by atoms with Crippen LogP contribution in [0.15, 0.2) is 29.1 Å². The van der Waals surface area contributed by atoms with Crippen LogP contribution in [-0.4, -0.2) is 75.8 Å².